The largest absolute Gasteiger partial charge is 0.378 e. The fraction of sp³-hybridized carbons (Fsp3) is 0.385. The van der Waals surface area contributed by atoms with Crippen LogP contribution in [-0.2, 0) is 11.3 Å². The molecule has 0 aliphatic rings. The zero-order valence-corrected chi connectivity index (χ0v) is 11.5. The van der Waals surface area contributed by atoms with Crippen LogP contribution in [0, 0.1) is 0 Å². The second-order valence-electron chi connectivity index (χ2n) is 4.42. The molecule has 0 fully saturated rings. The Morgan fingerprint density at radius 1 is 1.39 bits per heavy atom. The predicted octanol–water partition coefficient (Wildman–Crippen LogP) is 3.25. The molecule has 2 heterocycles. The Morgan fingerprint density at radius 3 is 2.83 bits per heavy atom. The minimum Gasteiger partial charge on any atom is -0.378 e. The van der Waals surface area contributed by atoms with Gasteiger partial charge in [0.05, 0.1) is 12.3 Å². The van der Waals surface area contributed by atoms with Crippen LogP contribution in [0.5, 0.6) is 0 Å². The van der Waals surface area contributed by atoms with Crippen LogP contribution in [0.3, 0.4) is 0 Å². The second kappa shape index (κ2) is 5.50. The van der Waals surface area contributed by atoms with E-state index >= 15 is 0 Å². The Morgan fingerprint density at radius 2 is 2.17 bits per heavy atom. The van der Waals surface area contributed by atoms with E-state index in [-0.39, 0.29) is 0 Å². The molecule has 2 rings (SSSR count). The highest BCUT2D eigenvalue weighted by atomic mass is 35.5. The van der Waals surface area contributed by atoms with Gasteiger partial charge in [-0.2, -0.15) is 0 Å². The van der Waals surface area contributed by atoms with Gasteiger partial charge in [0.25, 0.3) is 0 Å². The van der Waals surface area contributed by atoms with Crippen molar-refractivity contribution in [3.8, 4) is 0 Å². The summed E-state index contributed by atoms with van der Waals surface area (Å²) in [6, 6.07) is 4.09. The van der Waals surface area contributed by atoms with Crippen molar-refractivity contribution in [2.24, 2.45) is 0 Å². The lowest BCUT2D eigenvalue weighted by Crippen LogP contribution is -2.12. The number of nitrogens with one attached hydrogen (secondary N) is 1. The van der Waals surface area contributed by atoms with E-state index in [4.69, 9.17) is 16.3 Å². The van der Waals surface area contributed by atoms with Gasteiger partial charge >= 0.3 is 0 Å². The van der Waals surface area contributed by atoms with Crippen molar-refractivity contribution in [1.82, 2.24) is 9.97 Å². The number of pyridine rings is 2. The third-order valence-electron chi connectivity index (χ3n) is 2.45. The van der Waals surface area contributed by atoms with E-state index in [1.54, 1.807) is 13.3 Å². The van der Waals surface area contributed by atoms with Crippen LogP contribution in [0.2, 0.25) is 5.15 Å². The topological polar surface area (TPSA) is 47.0 Å². The van der Waals surface area contributed by atoms with E-state index in [9.17, 15) is 0 Å². The zero-order valence-electron chi connectivity index (χ0n) is 10.7. The molecule has 96 valence electrons. The van der Waals surface area contributed by atoms with Crippen LogP contribution >= 0.6 is 11.6 Å². The van der Waals surface area contributed by atoms with E-state index in [1.165, 1.54) is 0 Å². The average Bonchev–Trinajstić information content (AvgIpc) is 2.30. The van der Waals surface area contributed by atoms with Gasteiger partial charge in [0.2, 0.25) is 0 Å². The summed E-state index contributed by atoms with van der Waals surface area (Å²) in [5, 5.41) is 5.77. The lowest BCUT2D eigenvalue weighted by atomic mass is 10.2. The van der Waals surface area contributed by atoms with Gasteiger partial charge in [0.15, 0.2) is 0 Å². The molecule has 0 radical (unpaired) electrons. The first-order chi connectivity index (χ1) is 8.60. The van der Waals surface area contributed by atoms with Gasteiger partial charge in [-0.25, -0.2) is 9.97 Å². The molecule has 0 bridgehead atoms. The number of rotatable bonds is 4. The lowest BCUT2D eigenvalue weighted by molar-refractivity contribution is 0.182. The van der Waals surface area contributed by atoms with Gasteiger partial charge < -0.3 is 10.1 Å². The molecule has 0 aromatic carbocycles. The van der Waals surface area contributed by atoms with Gasteiger partial charge in [-0.15, -0.1) is 0 Å². The van der Waals surface area contributed by atoms with Crippen LogP contribution in [0.15, 0.2) is 18.3 Å². The first kappa shape index (κ1) is 13.1. The van der Waals surface area contributed by atoms with Crippen LogP contribution in [0.25, 0.3) is 10.8 Å². The summed E-state index contributed by atoms with van der Waals surface area (Å²) >= 11 is 5.94. The fourth-order valence-electron chi connectivity index (χ4n) is 1.78. The van der Waals surface area contributed by atoms with Crippen molar-refractivity contribution >= 4 is 28.2 Å². The van der Waals surface area contributed by atoms with Gasteiger partial charge in [-0.1, -0.05) is 11.6 Å². The molecule has 0 atom stereocenters. The van der Waals surface area contributed by atoms with Crippen molar-refractivity contribution in [2.75, 3.05) is 12.4 Å². The van der Waals surface area contributed by atoms with Gasteiger partial charge in [-0.3, -0.25) is 0 Å². The van der Waals surface area contributed by atoms with E-state index in [0.717, 1.165) is 22.3 Å². The Bertz CT molecular complexity index is 557. The van der Waals surface area contributed by atoms with Crippen LogP contribution in [-0.4, -0.2) is 23.1 Å². The molecular formula is C13H16ClN3O. The number of hydrogen-bond acceptors (Lipinski definition) is 4. The highest BCUT2D eigenvalue weighted by Crippen LogP contribution is 2.25. The molecule has 0 saturated heterocycles. The van der Waals surface area contributed by atoms with Crippen molar-refractivity contribution in [1.29, 1.82) is 0 Å². The minimum absolute atomic E-state index is 0.297. The van der Waals surface area contributed by atoms with Gasteiger partial charge in [0.1, 0.15) is 11.0 Å². The normalized spacial score (nSPS) is 11.2. The number of ether oxygens (including phenoxy) is 1. The van der Waals surface area contributed by atoms with Crippen molar-refractivity contribution in [2.45, 2.75) is 26.5 Å². The standard InChI is InChI=1S/C13H16ClN3O/c1-8(2)16-13-11-5-12(14)15-6-9(11)4-10(17-13)7-18-3/h4-6,8H,7H2,1-3H3,(H,16,17). The first-order valence-electron chi connectivity index (χ1n) is 5.81. The monoisotopic (exact) mass is 265 g/mol. The maximum Gasteiger partial charge on any atom is 0.134 e. The lowest BCUT2D eigenvalue weighted by Gasteiger charge is -2.13. The maximum atomic E-state index is 5.94. The third kappa shape index (κ3) is 2.89. The molecule has 2 aromatic heterocycles. The average molecular weight is 266 g/mol. The summed E-state index contributed by atoms with van der Waals surface area (Å²) in [6.45, 7) is 4.62. The molecule has 4 nitrogen and oxygen atoms in total. The summed E-state index contributed by atoms with van der Waals surface area (Å²) < 4.78 is 5.12. The van der Waals surface area contributed by atoms with Gasteiger partial charge in [0, 0.05) is 30.1 Å². The molecule has 0 aliphatic carbocycles. The quantitative estimate of drug-likeness (QED) is 0.862. The molecule has 0 amide bonds. The molecule has 0 spiro atoms. The molecule has 2 aromatic rings. The molecule has 0 aliphatic heterocycles. The number of halogens is 1. The molecule has 5 heteroatoms. The third-order valence-corrected chi connectivity index (χ3v) is 2.66. The number of hydrogen-bond donors (Lipinski definition) is 1. The number of methoxy groups -OCH3 is 1. The number of aromatic nitrogens is 2. The summed E-state index contributed by atoms with van der Waals surface area (Å²) in [4.78, 5) is 8.65. The Kier molecular flexibility index (Phi) is 3.99. The summed E-state index contributed by atoms with van der Waals surface area (Å²) in [7, 11) is 1.65. The van der Waals surface area contributed by atoms with Crippen molar-refractivity contribution in [3.63, 3.8) is 0 Å². The minimum atomic E-state index is 0.297. The summed E-state index contributed by atoms with van der Waals surface area (Å²) in [5.74, 6) is 0.818. The fourth-order valence-corrected chi connectivity index (χ4v) is 1.94. The molecule has 0 unspecified atom stereocenters. The van der Waals surface area contributed by atoms with Crippen molar-refractivity contribution in [3.05, 3.63) is 29.2 Å². The van der Waals surface area contributed by atoms with Gasteiger partial charge in [-0.05, 0) is 26.0 Å². The number of nitrogens with zero attached hydrogens (tertiary/aromatic N) is 2. The molecule has 1 N–H and O–H groups in total. The first-order valence-corrected chi connectivity index (χ1v) is 6.18. The smallest absolute Gasteiger partial charge is 0.134 e. The summed E-state index contributed by atoms with van der Waals surface area (Å²) in [6.07, 6.45) is 1.75. The van der Waals surface area contributed by atoms with Crippen LogP contribution in [0.4, 0.5) is 5.82 Å². The molecule has 18 heavy (non-hydrogen) atoms. The van der Waals surface area contributed by atoms with Crippen molar-refractivity contribution < 1.29 is 4.74 Å². The second-order valence-corrected chi connectivity index (χ2v) is 4.81. The highest BCUT2D eigenvalue weighted by Gasteiger charge is 2.08. The SMILES string of the molecule is COCc1cc2cnc(Cl)cc2c(NC(C)C)n1. The van der Waals surface area contributed by atoms with E-state index in [0.29, 0.717) is 17.8 Å². The Balaban J connectivity index is 2.57. The molecular weight excluding hydrogens is 250 g/mol. The van der Waals surface area contributed by atoms with E-state index in [2.05, 4.69) is 29.1 Å². The Labute approximate surface area is 111 Å². The van der Waals surface area contributed by atoms with E-state index < -0.39 is 0 Å². The predicted molar refractivity (Wildman–Crippen MR) is 74.0 cm³/mol. The Hall–Kier alpha value is -1.39. The zero-order chi connectivity index (χ0) is 13.1. The molecule has 0 saturated carbocycles. The number of anilines is 1. The summed E-state index contributed by atoms with van der Waals surface area (Å²) in [5.41, 5.74) is 0.872. The highest BCUT2D eigenvalue weighted by molar-refractivity contribution is 6.30. The van der Waals surface area contributed by atoms with Crippen LogP contribution < -0.4 is 5.32 Å². The van der Waals surface area contributed by atoms with Crippen LogP contribution in [0.1, 0.15) is 19.5 Å². The number of fused-ring (bicyclic) bond motifs is 1. The van der Waals surface area contributed by atoms with E-state index in [1.807, 2.05) is 12.1 Å². The maximum absolute atomic E-state index is 5.94.